The Hall–Kier alpha value is -2.62. The molecule has 3 nitrogen and oxygen atoms in total. The summed E-state index contributed by atoms with van der Waals surface area (Å²) >= 11 is 6.01. The maximum atomic E-state index is 10.7. The van der Waals surface area contributed by atoms with Gasteiger partial charge in [0, 0.05) is 10.6 Å². The average molecular weight is 349 g/mol. The number of aliphatic hydroxyl groups is 1. The number of fused-ring (bicyclic) bond motifs is 1. The minimum Gasteiger partial charge on any atom is -0.387 e. The van der Waals surface area contributed by atoms with Crippen LogP contribution in [0.5, 0.6) is 0 Å². The Bertz CT molecular complexity index is 994. The normalized spacial score (nSPS) is 12.4. The first-order chi connectivity index (χ1) is 12.2. The van der Waals surface area contributed by atoms with E-state index >= 15 is 0 Å². The molecule has 4 rings (SSSR count). The van der Waals surface area contributed by atoms with Crippen molar-refractivity contribution in [3.05, 3.63) is 89.4 Å². The lowest BCUT2D eigenvalue weighted by molar-refractivity contribution is 0.158. The van der Waals surface area contributed by atoms with Gasteiger partial charge in [-0.3, -0.25) is 0 Å². The van der Waals surface area contributed by atoms with E-state index in [1.165, 1.54) is 0 Å². The van der Waals surface area contributed by atoms with Crippen LogP contribution in [0, 0.1) is 0 Å². The molecule has 0 saturated carbocycles. The molecule has 0 radical (unpaired) electrons. The molecule has 25 heavy (non-hydrogen) atoms. The Labute approximate surface area is 151 Å². The van der Waals surface area contributed by atoms with E-state index in [9.17, 15) is 5.11 Å². The molecule has 1 N–H and O–H groups in total. The van der Waals surface area contributed by atoms with Gasteiger partial charge < -0.3 is 9.67 Å². The van der Waals surface area contributed by atoms with Crippen LogP contribution in [0.1, 0.15) is 11.7 Å². The highest BCUT2D eigenvalue weighted by Gasteiger charge is 2.16. The molecule has 0 amide bonds. The summed E-state index contributed by atoms with van der Waals surface area (Å²) in [7, 11) is 0. The summed E-state index contributed by atoms with van der Waals surface area (Å²) in [6, 6.07) is 25.3. The third-order valence-corrected chi connectivity index (χ3v) is 4.55. The smallest absolute Gasteiger partial charge is 0.141 e. The second kappa shape index (κ2) is 6.71. The Morgan fingerprint density at radius 2 is 1.56 bits per heavy atom. The zero-order chi connectivity index (χ0) is 17.2. The van der Waals surface area contributed by atoms with Gasteiger partial charge in [-0.05, 0) is 42.0 Å². The summed E-state index contributed by atoms with van der Waals surface area (Å²) in [5.41, 5.74) is 3.78. The summed E-state index contributed by atoms with van der Waals surface area (Å²) in [4.78, 5) is 4.77. The first-order valence-corrected chi connectivity index (χ1v) is 8.54. The largest absolute Gasteiger partial charge is 0.387 e. The number of para-hydroxylation sites is 2. The van der Waals surface area contributed by atoms with E-state index < -0.39 is 6.10 Å². The minimum absolute atomic E-state index is 0.433. The molecule has 0 aliphatic carbocycles. The number of aliphatic hydroxyl groups excluding tert-OH is 1. The monoisotopic (exact) mass is 348 g/mol. The fraction of sp³-hybridized carbons (Fsp3) is 0.0952. The van der Waals surface area contributed by atoms with Crippen molar-refractivity contribution in [3.8, 4) is 11.4 Å². The van der Waals surface area contributed by atoms with Crippen LogP contribution in [0.15, 0.2) is 78.9 Å². The van der Waals surface area contributed by atoms with Crippen molar-refractivity contribution >= 4 is 22.6 Å². The molecule has 1 heterocycles. The molecule has 1 aromatic heterocycles. The van der Waals surface area contributed by atoms with Crippen molar-refractivity contribution in [3.63, 3.8) is 0 Å². The van der Waals surface area contributed by atoms with Crippen LogP contribution in [0.4, 0.5) is 0 Å². The molecule has 124 valence electrons. The molecule has 4 aromatic rings. The fourth-order valence-electron chi connectivity index (χ4n) is 3.03. The second-order valence-corrected chi connectivity index (χ2v) is 6.40. The summed E-state index contributed by atoms with van der Waals surface area (Å²) in [6.07, 6.45) is -0.607. The molecule has 0 aliphatic rings. The van der Waals surface area contributed by atoms with Gasteiger partial charge in [0.2, 0.25) is 0 Å². The van der Waals surface area contributed by atoms with Gasteiger partial charge in [0.25, 0.3) is 0 Å². The lowest BCUT2D eigenvalue weighted by Gasteiger charge is -2.15. The molecule has 1 atom stereocenters. The quantitative estimate of drug-likeness (QED) is 0.557. The molecule has 0 spiro atoms. The third kappa shape index (κ3) is 3.16. The molecular formula is C21H17ClN2O. The average Bonchev–Trinajstić information content (AvgIpc) is 3.02. The number of aromatic nitrogens is 2. The molecule has 0 bridgehead atoms. The van der Waals surface area contributed by atoms with Crippen LogP contribution < -0.4 is 0 Å². The molecule has 4 heteroatoms. The van der Waals surface area contributed by atoms with Crippen molar-refractivity contribution in [1.29, 1.82) is 0 Å². The van der Waals surface area contributed by atoms with Crippen LogP contribution >= 0.6 is 11.6 Å². The van der Waals surface area contributed by atoms with E-state index in [0.29, 0.717) is 11.6 Å². The number of benzene rings is 3. The Morgan fingerprint density at radius 1 is 0.880 bits per heavy atom. The van der Waals surface area contributed by atoms with Crippen LogP contribution in [-0.4, -0.2) is 14.7 Å². The lowest BCUT2D eigenvalue weighted by atomic mass is 10.1. The van der Waals surface area contributed by atoms with Gasteiger partial charge in [-0.1, -0.05) is 54.1 Å². The Morgan fingerprint density at radius 3 is 2.32 bits per heavy atom. The van der Waals surface area contributed by atoms with Gasteiger partial charge in [-0.25, -0.2) is 4.98 Å². The van der Waals surface area contributed by atoms with Crippen molar-refractivity contribution < 1.29 is 5.11 Å². The van der Waals surface area contributed by atoms with Crippen LogP contribution in [0.2, 0.25) is 5.02 Å². The molecule has 0 aliphatic heterocycles. The van der Waals surface area contributed by atoms with E-state index in [4.69, 9.17) is 16.6 Å². The van der Waals surface area contributed by atoms with E-state index in [1.807, 2.05) is 78.9 Å². The van der Waals surface area contributed by atoms with Crippen molar-refractivity contribution in [2.24, 2.45) is 0 Å². The summed E-state index contributed by atoms with van der Waals surface area (Å²) in [6.45, 7) is 0.433. The Balaban J connectivity index is 1.81. The van der Waals surface area contributed by atoms with Gasteiger partial charge in [0.05, 0.1) is 23.7 Å². The van der Waals surface area contributed by atoms with Crippen molar-refractivity contribution in [2.75, 3.05) is 0 Å². The van der Waals surface area contributed by atoms with Gasteiger partial charge in [0.1, 0.15) is 5.82 Å². The number of hydrogen-bond donors (Lipinski definition) is 1. The van der Waals surface area contributed by atoms with Crippen molar-refractivity contribution in [2.45, 2.75) is 12.6 Å². The highest BCUT2D eigenvalue weighted by molar-refractivity contribution is 6.30. The minimum atomic E-state index is -0.607. The first-order valence-electron chi connectivity index (χ1n) is 8.16. The molecule has 0 unspecified atom stereocenters. The topological polar surface area (TPSA) is 38.0 Å². The van der Waals surface area contributed by atoms with Crippen LogP contribution in [-0.2, 0) is 6.54 Å². The van der Waals surface area contributed by atoms with E-state index in [2.05, 4.69) is 4.57 Å². The Kier molecular flexibility index (Phi) is 4.26. The zero-order valence-corrected chi connectivity index (χ0v) is 14.3. The maximum Gasteiger partial charge on any atom is 0.141 e. The number of hydrogen-bond acceptors (Lipinski definition) is 2. The standard InChI is InChI=1S/C21H17ClN2O/c22-17-12-10-16(11-13-17)21-23-18-8-4-5-9-19(18)24(21)14-20(25)15-6-2-1-3-7-15/h1-13,20,25H,14H2/t20-/m0/s1. The first kappa shape index (κ1) is 15.9. The maximum absolute atomic E-state index is 10.7. The van der Waals surface area contributed by atoms with Gasteiger partial charge in [0.15, 0.2) is 0 Å². The summed E-state index contributed by atoms with van der Waals surface area (Å²) in [5, 5.41) is 11.4. The number of rotatable bonds is 4. The van der Waals surface area contributed by atoms with Crippen LogP contribution in [0.3, 0.4) is 0 Å². The van der Waals surface area contributed by atoms with Crippen molar-refractivity contribution in [1.82, 2.24) is 9.55 Å². The molecule has 0 fully saturated rings. The van der Waals surface area contributed by atoms with E-state index in [0.717, 1.165) is 28.0 Å². The SMILES string of the molecule is O[C@@H](Cn1c(-c2ccc(Cl)cc2)nc2ccccc21)c1ccccc1. The van der Waals surface area contributed by atoms with Gasteiger partial charge >= 0.3 is 0 Å². The summed E-state index contributed by atoms with van der Waals surface area (Å²) in [5.74, 6) is 0.827. The number of halogens is 1. The predicted molar refractivity (Wildman–Crippen MR) is 102 cm³/mol. The third-order valence-electron chi connectivity index (χ3n) is 4.30. The molecule has 3 aromatic carbocycles. The summed E-state index contributed by atoms with van der Waals surface area (Å²) < 4.78 is 2.07. The van der Waals surface area contributed by atoms with Gasteiger partial charge in [-0.2, -0.15) is 0 Å². The second-order valence-electron chi connectivity index (χ2n) is 5.97. The molecule has 0 saturated heterocycles. The van der Waals surface area contributed by atoms with E-state index in [-0.39, 0.29) is 0 Å². The number of imidazole rings is 1. The highest BCUT2D eigenvalue weighted by atomic mass is 35.5. The lowest BCUT2D eigenvalue weighted by Crippen LogP contribution is -2.10. The van der Waals surface area contributed by atoms with Crippen LogP contribution in [0.25, 0.3) is 22.4 Å². The highest BCUT2D eigenvalue weighted by Crippen LogP contribution is 2.28. The molecular weight excluding hydrogens is 332 g/mol. The number of nitrogens with zero attached hydrogens (tertiary/aromatic N) is 2. The van der Waals surface area contributed by atoms with Gasteiger partial charge in [-0.15, -0.1) is 0 Å². The predicted octanol–water partition coefficient (Wildman–Crippen LogP) is 5.09. The fourth-order valence-corrected chi connectivity index (χ4v) is 3.16. The van der Waals surface area contributed by atoms with E-state index in [1.54, 1.807) is 0 Å². The zero-order valence-electron chi connectivity index (χ0n) is 13.5.